The van der Waals surface area contributed by atoms with E-state index in [0.717, 1.165) is 77.8 Å². The number of hydrogen-bond donors (Lipinski definition) is 2. The molecular formula is C31H38N8O2. The smallest absolute Gasteiger partial charge is 0.140 e. The number of benzene rings is 1. The van der Waals surface area contributed by atoms with Gasteiger partial charge in [0.15, 0.2) is 0 Å². The lowest BCUT2D eigenvalue weighted by atomic mass is 9.93. The van der Waals surface area contributed by atoms with Crippen LogP contribution < -0.4 is 15.8 Å². The topological polar surface area (TPSA) is 115 Å². The quantitative estimate of drug-likeness (QED) is 0.264. The van der Waals surface area contributed by atoms with Gasteiger partial charge < -0.3 is 20.5 Å². The number of anilines is 1. The Hall–Kier alpha value is -4.28. The normalized spacial score (nSPS) is 15.9. The molecule has 3 aromatic heterocycles. The second-order valence-electron chi connectivity index (χ2n) is 10.4. The third-order valence-corrected chi connectivity index (χ3v) is 7.71. The van der Waals surface area contributed by atoms with Crippen LogP contribution in [-0.2, 0) is 11.3 Å². The molecule has 0 unspecified atom stereocenters. The van der Waals surface area contributed by atoms with Crippen LogP contribution >= 0.6 is 0 Å². The first-order valence-electron chi connectivity index (χ1n) is 13.9. The summed E-state index contributed by atoms with van der Waals surface area (Å²) in [6.45, 7) is 6.40. The van der Waals surface area contributed by atoms with Crippen molar-refractivity contribution in [1.29, 1.82) is 0 Å². The third-order valence-electron chi connectivity index (χ3n) is 7.71. The van der Waals surface area contributed by atoms with Gasteiger partial charge in [0.05, 0.1) is 23.2 Å². The first-order chi connectivity index (χ1) is 20.0. The van der Waals surface area contributed by atoms with E-state index < -0.39 is 0 Å². The average Bonchev–Trinajstić information content (AvgIpc) is 3.44. The van der Waals surface area contributed by atoms with Crippen molar-refractivity contribution in [2.24, 2.45) is 10.7 Å². The van der Waals surface area contributed by atoms with E-state index in [4.69, 9.17) is 15.2 Å². The molecule has 0 aliphatic carbocycles. The van der Waals surface area contributed by atoms with Crippen molar-refractivity contribution in [2.45, 2.75) is 31.9 Å². The van der Waals surface area contributed by atoms with Crippen molar-refractivity contribution in [3.8, 4) is 17.1 Å². The van der Waals surface area contributed by atoms with E-state index in [9.17, 15) is 0 Å². The van der Waals surface area contributed by atoms with Gasteiger partial charge in [-0.05, 0) is 37.0 Å². The lowest BCUT2D eigenvalue weighted by Crippen LogP contribution is -2.44. The van der Waals surface area contributed by atoms with Crippen molar-refractivity contribution in [3.63, 3.8) is 0 Å². The molecule has 0 spiro atoms. The van der Waals surface area contributed by atoms with Crippen LogP contribution in [-0.4, -0.2) is 76.5 Å². The van der Waals surface area contributed by atoms with E-state index in [1.807, 2.05) is 47.1 Å². The molecule has 3 N–H and O–H groups in total. The molecule has 1 aromatic carbocycles. The summed E-state index contributed by atoms with van der Waals surface area (Å²) in [4.78, 5) is 20.0. The Balaban J connectivity index is 1.18. The molecule has 1 saturated heterocycles. The lowest BCUT2D eigenvalue weighted by Gasteiger charge is -2.38. The molecule has 0 saturated carbocycles. The predicted octanol–water partition coefficient (Wildman–Crippen LogP) is 4.28. The Labute approximate surface area is 241 Å². The maximum absolute atomic E-state index is 6.06. The van der Waals surface area contributed by atoms with Crippen LogP contribution in [0, 0.1) is 0 Å². The van der Waals surface area contributed by atoms with Gasteiger partial charge in [-0.25, -0.2) is 15.0 Å². The van der Waals surface area contributed by atoms with Crippen molar-refractivity contribution in [3.05, 3.63) is 78.5 Å². The zero-order chi connectivity index (χ0) is 28.7. The number of nitrogens with one attached hydrogen (secondary N) is 1. The van der Waals surface area contributed by atoms with Crippen molar-refractivity contribution < 1.29 is 9.47 Å². The molecule has 10 heteroatoms. The molecule has 5 rings (SSSR count). The van der Waals surface area contributed by atoms with Crippen molar-refractivity contribution >= 4 is 23.3 Å². The van der Waals surface area contributed by atoms with Crippen LogP contribution in [0.2, 0.25) is 0 Å². The van der Waals surface area contributed by atoms with E-state index in [-0.39, 0.29) is 5.60 Å². The largest absolute Gasteiger partial charge is 0.492 e. The van der Waals surface area contributed by atoms with Gasteiger partial charge in [0.25, 0.3) is 0 Å². The second kappa shape index (κ2) is 12.9. The number of nitrogens with zero attached hydrogens (tertiary/aromatic N) is 6. The van der Waals surface area contributed by atoms with Crippen molar-refractivity contribution in [2.75, 3.05) is 45.7 Å². The Morgan fingerprint density at radius 3 is 2.66 bits per heavy atom. The number of fused-ring (bicyclic) bond motifs is 1. The summed E-state index contributed by atoms with van der Waals surface area (Å²) in [6, 6.07) is 14.0. The van der Waals surface area contributed by atoms with E-state index in [2.05, 4.69) is 49.2 Å². The monoisotopic (exact) mass is 554 g/mol. The van der Waals surface area contributed by atoms with E-state index in [1.165, 1.54) is 0 Å². The van der Waals surface area contributed by atoms with Gasteiger partial charge in [-0.3, -0.25) is 14.3 Å². The van der Waals surface area contributed by atoms with Gasteiger partial charge >= 0.3 is 0 Å². The average molecular weight is 555 g/mol. The highest BCUT2D eigenvalue weighted by Gasteiger charge is 2.29. The van der Waals surface area contributed by atoms with Crippen LogP contribution in [0.4, 0.5) is 5.82 Å². The number of pyridine rings is 1. The van der Waals surface area contributed by atoms with E-state index >= 15 is 0 Å². The highest BCUT2D eigenvalue weighted by atomic mass is 16.5. The number of likely N-dealkylation sites (tertiary alicyclic amines) is 1. The molecule has 0 amide bonds. The number of rotatable bonds is 11. The molecule has 1 fully saturated rings. The minimum absolute atomic E-state index is 0.00508. The first-order valence-corrected chi connectivity index (χ1v) is 13.9. The molecule has 4 aromatic rings. The van der Waals surface area contributed by atoms with Gasteiger partial charge in [-0.2, -0.15) is 0 Å². The molecule has 0 atom stereocenters. The minimum Gasteiger partial charge on any atom is -0.492 e. The molecule has 0 radical (unpaired) electrons. The Morgan fingerprint density at radius 2 is 1.93 bits per heavy atom. The number of hydrogen-bond acceptors (Lipinski definition) is 9. The molecule has 41 heavy (non-hydrogen) atoms. The van der Waals surface area contributed by atoms with Crippen LogP contribution in [0.3, 0.4) is 0 Å². The molecule has 0 bridgehead atoms. The Bertz CT molecular complexity index is 1500. The predicted molar refractivity (Wildman–Crippen MR) is 163 cm³/mol. The molecule has 1 aliphatic heterocycles. The zero-order valence-corrected chi connectivity index (χ0v) is 24.0. The van der Waals surface area contributed by atoms with Crippen LogP contribution in [0.5, 0.6) is 5.75 Å². The summed E-state index contributed by atoms with van der Waals surface area (Å²) in [6.07, 6.45) is 10.8. The third kappa shape index (κ3) is 6.90. The number of allylic oxidation sites excluding steroid dienone is 1. The summed E-state index contributed by atoms with van der Waals surface area (Å²) < 4.78 is 13.7. The summed E-state index contributed by atoms with van der Waals surface area (Å²) >= 11 is 0. The Kier molecular flexibility index (Phi) is 8.91. The van der Waals surface area contributed by atoms with Gasteiger partial charge in [-0.1, -0.05) is 24.3 Å². The fraction of sp³-hybridized carbons (Fsp3) is 0.355. The lowest BCUT2D eigenvalue weighted by molar-refractivity contribution is -0.0439. The van der Waals surface area contributed by atoms with Crippen molar-refractivity contribution in [1.82, 2.24) is 24.3 Å². The standard InChI is InChI=1S/C31H38N8O2/c1-31(40-3)9-12-38(13-10-31)14-15-41-26-8-11-39-28(21-35-30(39)16-26)27-17-29(37-22-36-27)34-19-23-4-6-24(7-5-23)25(18-32)20-33-2/h4-8,11,16-18,20-22H,9-10,12-15,19,32H2,1-3H3,(H,34,36,37). The minimum atomic E-state index is 0.00508. The highest BCUT2D eigenvalue weighted by Crippen LogP contribution is 2.26. The van der Waals surface area contributed by atoms with Crippen LogP contribution in [0.1, 0.15) is 30.9 Å². The van der Waals surface area contributed by atoms with Gasteiger partial charge in [0.2, 0.25) is 0 Å². The van der Waals surface area contributed by atoms with E-state index in [1.54, 1.807) is 32.9 Å². The highest BCUT2D eigenvalue weighted by molar-refractivity contribution is 6.09. The summed E-state index contributed by atoms with van der Waals surface area (Å²) in [5.41, 5.74) is 11.2. The van der Waals surface area contributed by atoms with Gasteiger partial charge in [0, 0.05) is 76.7 Å². The number of nitrogens with two attached hydrogens (primary N) is 1. The maximum atomic E-state index is 6.06. The van der Waals surface area contributed by atoms with Gasteiger partial charge in [-0.15, -0.1) is 0 Å². The maximum Gasteiger partial charge on any atom is 0.140 e. The number of piperidine rings is 1. The Morgan fingerprint density at radius 1 is 1.12 bits per heavy atom. The second-order valence-corrected chi connectivity index (χ2v) is 10.4. The fourth-order valence-corrected chi connectivity index (χ4v) is 4.94. The fourth-order valence-electron chi connectivity index (χ4n) is 4.94. The summed E-state index contributed by atoms with van der Waals surface area (Å²) in [5, 5.41) is 3.39. The first kappa shape index (κ1) is 28.3. The van der Waals surface area contributed by atoms with Gasteiger partial charge in [0.1, 0.15) is 30.1 Å². The van der Waals surface area contributed by atoms with Crippen LogP contribution in [0.15, 0.2) is 72.4 Å². The number of aromatic nitrogens is 4. The van der Waals surface area contributed by atoms with Crippen LogP contribution in [0.25, 0.3) is 22.6 Å². The SMILES string of the molecule is CN=CC(=CN)c1ccc(CNc2cc(-c3cnc4cc(OCCN5CCC(C)(OC)CC5)ccn34)ncn2)cc1. The number of methoxy groups -OCH3 is 1. The number of ether oxygens (including phenoxy) is 2. The number of aliphatic imine (C=N–C) groups is 1. The molecule has 4 heterocycles. The summed E-state index contributed by atoms with van der Waals surface area (Å²) in [5.74, 6) is 1.54. The molecule has 214 valence electrons. The molecule has 1 aliphatic rings. The summed E-state index contributed by atoms with van der Waals surface area (Å²) in [7, 11) is 3.53. The molecular weight excluding hydrogens is 516 g/mol. The number of imidazole rings is 1. The van der Waals surface area contributed by atoms with E-state index in [0.29, 0.717) is 13.2 Å². The molecule has 10 nitrogen and oxygen atoms in total. The zero-order valence-electron chi connectivity index (χ0n) is 24.0.